The summed E-state index contributed by atoms with van der Waals surface area (Å²) in [5.41, 5.74) is 1.08. The molecule has 0 aromatic carbocycles. The summed E-state index contributed by atoms with van der Waals surface area (Å²) < 4.78 is 0. The molecular formula is C11H19N3OS. The highest BCUT2D eigenvalue weighted by atomic mass is 32.2. The molecule has 1 atom stereocenters. The molecule has 1 rings (SSSR count). The first kappa shape index (κ1) is 13.3. The fourth-order valence-corrected chi connectivity index (χ4v) is 2.32. The van der Waals surface area contributed by atoms with Gasteiger partial charge in [0.2, 0.25) is 0 Å². The molecule has 0 spiro atoms. The Hall–Kier alpha value is -0.810. The lowest BCUT2D eigenvalue weighted by molar-refractivity contribution is 0.289. The first-order chi connectivity index (χ1) is 7.69. The van der Waals surface area contributed by atoms with Crippen LogP contribution in [0, 0.1) is 6.92 Å². The maximum absolute atomic E-state index is 8.86. The summed E-state index contributed by atoms with van der Waals surface area (Å²) >= 11 is 1.68. The second-order valence-corrected chi connectivity index (χ2v) is 5.05. The van der Waals surface area contributed by atoms with E-state index in [2.05, 4.69) is 22.2 Å². The predicted molar refractivity (Wildman–Crippen MR) is 68.0 cm³/mol. The maximum Gasteiger partial charge on any atom is 0.133 e. The van der Waals surface area contributed by atoms with Crippen LogP contribution < -0.4 is 5.32 Å². The van der Waals surface area contributed by atoms with Gasteiger partial charge in [-0.2, -0.15) is 0 Å². The number of thioether (sulfide) groups is 1. The van der Waals surface area contributed by atoms with Gasteiger partial charge in [-0.3, -0.25) is 0 Å². The van der Waals surface area contributed by atoms with E-state index in [0.29, 0.717) is 5.25 Å². The lowest BCUT2D eigenvalue weighted by Crippen LogP contribution is -2.05. The fraction of sp³-hybridized carbons (Fsp3) is 0.636. The van der Waals surface area contributed by atoms with Crippen LogP contribution in [-0.4, -0.2) is 33.5 Å². The van der Waals surface area contributed by atoms with Gasteiger partial charge in [0, 0.05) is 24.0 Å². The molecule has 0 aliphatic rings. The van der Waals surface area contributed by atoms with Crippen molar-refractivity contribution >= 4 is 17.6 Å². The molecular weight excluding hydrogens is 222 g/mol. The van der Waals surface area contributed by atoms with Crippen LogP contribution in [0.2, 0.25) is 0 Å². The Morgan fingerprint density at radius 3 is 2.88 bits per heavy atom. The molecule has 0 bridgehead atoms. The third kappa shape index (κ3) is 3.64. The highest BCUT2D eigenvalue weighted by Crippen LogP contribution is 2.28. The highest BCUT2D eigenvalue weighted by molar-refractivity contribution is 7.99. The van der Waals surface area contributed by atoms with Crippen LogP contribution in [-0.2, 0) is 0 Å². The van der Waals surface area contributed by atoms with E-state index in [1.165, 1.54) is 0 Å². The van der Waals surface area contributed by atoms with Gasteiger partial charge in [0.25, 0.3) is 0 Å². The molecule has 0 saturated carbocycles. The van der Waals surface area contributed by atoms with Gasteiger partial charge in [0.1, 0.15) is 17.2 Å². The summed E-state index contributed by atoms with van der Waals surface area (Å²) in [6.07, 6.45) is 2.36. The third-order valence-electron chi connectivity index (χ3n) is 2.23. The van der Waals surface area contributed by atoms with Gasteiger partial charge in [-0.05, 0) is 20.3 Å². The molecule has 16 heavy (non-hydrogen) atoms. The quantitative estimate of drug-likeness (QED) is 0.590. The van der Waals surface area contributed by atoms with Crippen LogP contribution >= 0.6 is 11.8 Å². The van der Waals surface area contributed by atoms with Crippen LogP contribution in [0.25, 0.3) is 0 Å². The van der Waals surface area contributed by atoms with Gasteiger partial charge < -0.3 is 10.4 Å². The number of aliphatic hydroxyl groups excluding tert-OH is 1. The average molecular weight is 241 g/mol. The normalized spacial score (nSPS) is 12.5. The number of aliphatic hydroxyl groups is 1. The predicted octanol–water partition coefficient (Wildman–Crippen LogP) is 2.08. The van der Waals surface area contributed by atoms with Crippen LogP contribution in [0.15, 0.2) is 11.4 Å². The number of hydrogen-bond donors (Lipinski definition) is 2. The van der Waals surface area contributed by atoms with E-state index in [9.17, 15) is 0 Å². The third-order valence-corrected chi connectivity index (χ3v) is 3.50. The van der Waals surface area contributed by atoms with Crippen molar-refractivity contribution in [2.45, 2.75) is 37.5 Å². The first-order valence-corrected chi connectivity index (χ1v) is 6.40. The molecule has 0 fully saturated rings. The van der Waals surface area contributed by atoms with Gasteiger partial charge in [-0.1, -0.05) is 6.92 Å². The van der Waals surface area contributed by atoms with Crippen molar-refractivity contribution < 1.29 is 5.11 Å². The number of hydrogen-bond acceptors (Lipinski definition) is 5. The smallest absolute Gasteiger partial charge is 0.133 e. The standard InChI is InChI=1S/C11H19N3OS/c1-4-12-10-9(3)11(14-7-13-10)16-8(2)5-6-15/h7-8,15H,4-6H2,1-3H3,(H,12,13,14). The van der Waals surface area contributed by atoms with Crippen molar-refractivity contribution in [3.63, 3.8) is 0 Å². The van der Waals surface area contributed by atoms with E-state index < -0.39 is 0 Å². The Morgan fingerprint density at radius 2 is 2.25 bits per heavy atom. The lowest BCUT2D eigenvalue weighted by Gasteiger charge is -2.13. The molecule has 2 N–H and O–H groups in total. The number of nitrogens with one attached hydrogen (secondary N) is 1. The zero-order valence-corrected chi connectivity index (χ0v) is 10.8. The van der Waals surface area contributed by atoms with Crippen molar-refractivity contribution in [1.29, 1.82) is 0 Å². The van der Waals surface area contributed by atoms with E-state index in [-0.39, 0.29) is 6.61 Å². The van der Waals surface area contributed by atoms with E-state index in [0.717, 1.165) is 29.4 Å². The molecule has 1 aromatic rings. The van der Waals surface area contributed by atoms with Gasteiger partial charge in [-0.15, -0.1) is 11.8 Å². The molecule has 4 nitrogen and oxygen atoms in total. The monoisotopic (exact) mass is 241 g/mol. The second-order valence-electron chi connectivity index (χ2n) is 3.62. The SMILES string of the molecule is CCNc1ncnc(SC(C)CCO)c1C. The highest BCUT2D eigenvalue weighted by Gasteiger charge is 2.10. The summed E-state index contributed by atoms with van der Waals surface area (Å²) in [7, 11) is 0. The summed E-state index contributed by atoms with van der Waals surface area (Å²) in [5, 5.41) is 13.4. The largest absolute Gasteiger partial charge is 0.396 e. The van der Waals surface area contributed by atoms with Gasteiger partial charge in [-0.25, -0.2) is 9.97 Å². The number of aromatic nitrogens is 2. The van der Waals surface area contributed by atoms with Gasteiger partial charge in [0.15, 0.2) is 0 Å². The topological polar surface area (TPSA) is 58.0 Å². The minimum absolute atomic E-state index is 0.221. The molecule has 1 unspecified atom stereocenters. The van der Waals surface area contributed by atoms with Crippen LogP contribution in [0.5, 0.6) is 0 Å². The Morgan fingerprint density at radius 1 is 1.50 bits per heavy atom. The van der Waals surface area contributed by atoms with Crippen molar-refractivity contribution in [3.05, 3.63) is 11.9 Å². The Balaban J connectivity index is 2.76. The summed E-state index contributed by atoms with van der Waals surface area (Å²) in [5.74, 6) is 0.899. The molecule has 0 amide bonds. The number of anilines is 1. The Bertz CT molecular complexity index is 333. The first-order valence-electron chi connectivity index (χ1n) is 5.52. The minimum Gasteiger partial charge on any atom is -0.396 e. The molecule has 5 heteroatoms. The number of rotatable bonds is 6. The van der Waals surface area contributed by atoms with Crippen LogP contribution in [0.4, 0.5) is 5.82 Å². The van der Waals surface area contributed by atoms with Gasteiger partial charge >= 0.3 is 0 Å². The average Bonchev–Trinajstić information content (AvgIpc) is 2.24. The van der Waals surface area contributed by atoms with Crippen molar-refractivity contribution in [2.24, 2.45) is 0 Å². The molecule has 1 aromatic heterocycles. The van der Waals surface area contributed by atoms with Crippen molar-refractivity contribution in [3.8, 4) is 0 Å². The summed E-state index contributed by atoms with van der Waals surface area (Å²) in [6.45, 7) is 7.23. The van der Waals surface area contributed by atoms with Crippen molar-refractivity contribution in [1.82, 2.24) is 9.97 Å². The Kier molecular flexibility index (Phi) is 5.55. The van der Waals surface area contributed by atoms with Crippen LogP contribution in [0.1, 0.15) is 25.8 Å². The molecule has 1 heterocycles. The molecule has 90 valence electrons. The lowest BCUT2D eigenvalue weighted by atomic mass is 10.3. The fourth-order valence-electron chi connectivity index (χ4n) is 1.33. The van der Waals surface area contributed by atoms with E-state index in [1.807, 2.05) is 13.8 Å². The molecule has 0 aliphatic heterocycles. The Labute approximate surface area is 101 Å². The van der Waals surface area contributed by atoms with E-state index in [1.54, 1.807) is 18.1 Å². The van der Waals surface area contributed by atoms with Crippen molar-refractivity contribution in [2.75, 3.05) is 18.5 Å². The summed E-state index contributed by atoms with van der Waals surface area (Å²) in [4.78, 5) is 8.47. The van der Waals surface area contributed by atoms with Crippen LogP contribution in [0.3, 0.4) is 0 Å². The van der Waals surface area contributed by atoms with E-state index >= 15 is 0 Å². The van der Waals surface area contributed by atoms with E-state index in [4.69, 9.17) is 5.11 Å². The zero-order valence-electron chi connectivity index (χ0n) is 10.0. The number of nitrogens with zero attached hydrogens (tertiary/aromatic N) is 2. The molecule has 0 saturated heterocycles. The maximum atomic E-state index is 8.86. The zero-order chi connectivity index (χ0) is 12.0. The minimum atomic E-state index is 0.221. The molecule has 0 radical (unpaired) electrons. The molecule has 0 aliphatic carbocycles. The second kappa shape index (κ2) is 6.70. The van der Waals surface area contributed by atoms with Gasteiger partial charge in [0.05, 0.1) is 0 Å². The summed E-state index contributed by atoms with van der Waals surface area (Å²) in [6, 6.07) is 0.